The van der Waals surface area contributed by atoms with Crippen LogP contribution in [0.2, 0.25) is 5.02 Å². The topological polar surface area (TPSA) is 77.1 Å². The number of pyridine rings is 1. The summed E-state index contributed by atoms with van der Waals surface area (Å²) in [4.78, 5) is 24.2. The van der Waals surface area contributed by atoms with Crippen LogP contribution in [0.4, 0.5) is 0 Å². The van der Waals surface area contributed by atoms with Crippen molar-refractivity contribution in [3.8, 4) is 11.3 Å². The van der Waals surface area contributed by atoms with E-state index in [9.17, 15) is 9.59 Å². The molecule has 21 heavy (non-hydrogen) atoms. The smallest absolute Gasteiger partial charge is 0.270 e. The predicted octanol–water partition coefficient (Wildman–Crippen LogP) is 2.11. The van der Waals surface area contributed by atoms with Gasteiger partial charge in [0.1, 0.15) is 5.56 Å². The van der Waals surface area contributed by atoms with Gasteiger partial charge in [0.2, 0.25) is 0 Å². The molecule has 108 valence electrons. The van der Waals surface area contributed by atoms with Gasteiger partial charge in [-0.1, -0.05) is 23.7 Å². The second-order valence-electron chi connectivity index (χ2n) is 5.02. The second-order valence-corrected chi connectivity index (χ2v) is 5.46. The zero-order chi connectivity index (χ0) is 15.0. The average molecular weight is 304 g/mol. The van der Waals surface area contributed by atoms with Crippen molar-refractivity contribution in [1.82, 2.24) is 9.99 Å². The van der Waals surface area contributed by atoms with Gasteiger partial charge >= 0.3 is 0 Å². The standard InChI is InChI=1S/C15H14ClN3O2/c16-10-3-1-9(2-4-10)13-8-7-12(14(20)18-17)15(21)19(13)11-5-6-11/h1-4,7-8,11H,5-6,17H2,(H,18,20). The van der Waals surface area contributed by atoms with Crippen molar-refractivity contribution >= 4 is 17.5 Å². The van der Waals surface area contributed by atoms with Crippen LogP contribution in [0.15, 0.2) is 41.2 Å². The van der Waals surface area contributed by atoms with E-state index in [2.05, 4.69) is 0 Å². The van der Waals surface area contributed by atoms with Crippen molar-refractivity contribution in [1.29, 1.82) is 0 Å². The number of benzene rings is 1. The van der Waals surface area contributed by atoms with Crippen LogP contribution in [-0.4, -0.2) is 10.5 Å². The van der Waals surface area contributed by atoms with Crippen LogP contribution in [0, 0.1) is 0 Å². The fourth-order valence-corrected chi connectivity index (χ4v) is 2.48. The molecule has 1 amide bonds. The molecule has 0 bridgehead atoms. The maximum absolute atomic E-state index is 12.5. The zero-order valence-electron chi connectivity index (χ0n) is 11.2. The zero-order valence-corrected chi connectivity index (χ0v) is 11.9. The summed E-state index contributed by atoms with van der Waals surface area (Å²) in [5, 5.41) is 0.637. The van der Waals surface area contributed by atoms with E-state index in [4.69, 9.17) is 17.4 Å². The Balaban J connectivity index is 2.17. The molecule has 3 rings (SSSR count). The van der Waals surface area contributed by atoms with E-state index in [-0.39, 0.29) is 17.2 Å². The van der Waals surface area contributed by atoms with Crippen molar-refractivity contribution in [2.24, 2.45) is 5.84 Å². The van der Waals surface area contributed by atoms with E-state index in [1.165, 1.54) is 6.07 Å². The van der Waals surface area contributed by atoms with Crippen molar-refractivity contribution in [2.45, 2.75) is 18.9 Å². The minimum Gasteiger partial charge on any atom is -0.305 e. The highest BCUT2D eigenvalue weighted by atomic mass is 35.5. The Morgan fingerprint density at radius 2 is 1.86 bits per heavy atom. The first-order valence-electron chi connectivity index (χ1n) is 6.64. The molecular formula is C15H14ClN3O2. The summed E-state index contributed by atoms with van der Waals surface area (Å²) in [6.07, 6.45) is 1.88. The van der Waals surface area contributed by atoms with Crippen molar-refractivity contribution in [3.05, 3.63) is 57.3 Å². The van der Waals surface area contributed by atoms with Crippen LogP contribution in [0.25, 0.3) is 11.3 Å². The summed E-state index contributed by atoms with van der Waals surface area (Å²) < 4.78 is 1.67. The van der Waals surface area contributed by atoms with Gasteiger partial charge in [0.05, 0.1) is 5.69 Å². The number of nitrogens with zero attached hydrogens (tertiary/aromatic N) is 1. The second kappa shape index (κ2) is 5.35. The van der Waals surface area contributed by atoms with Gasteiger partial charge in [0.25, 0.3) is 11.5 Å². The summed E-state index contributed by atoms with van der Waals surface area (Å²) in [5.41, 5.74) is 3.43. The molecule has 1 fully saturated rings. The number of hydrogen-bond acceptors (Lipinski definition) is 3. The fraction of sp³-hybridized carbons (Fsp3) is 0.200. The van der Waals surface area contributed by atoms with Crippen LogP contribution in [0.5, 0.6) is 0 Å². The molecule has 0 saturated heterocycles. The van der Waals surface area contributed by atoms with Crippen LogP contribution >= 0.6 is 11.6 Å². The Hall–Kier alpha value is -2.11. The monoisotopic (exact) mass is 303 g/mol. The number of nitrogens with two attached hydrogens (primary N) is 1. The van der Waals surface area contributed by atoms with Gasteiger partial charge in [-0.15, -0.1) is 0 Å². The van der Waals surface area contributed by atoms with Gasteiger partial charge in [-0.3, -0.25) is 15.0 Å². The highest BCUT2D eigenvalue weighted by Crippen LogP contribution is 2.37. The van der Waals surface area contributed by atoms with E-state index >= 15 is 0 Å². The van der Waals surface area contributed by atoms with Crippen molar-refractivity contribution in [2.75, 3.05) is 0 Å². The third-order valence-electron chi connectivity index (χ3n) is 3.54. The summed E-state index contributed by atoms with van der Waals surface area (Å²) in [7, 11) is 0. The predicted molar refractivity (Wildman–Crippen MR) is 81.1 cm³/mol. The number of carbonyl (C=O) groups excluding carboxylic acids is 1. The Bertz CT molecular complexity index is 749. The van der Waals surface area contributed by atoms with Crippen molar-refractivity contribution < 1.29 is 4.79 Å². The van der Waals surface area contributed by atoms with E-state index in [0.717, 1.165) is 24.1 Å². The van der Waals surface area contributed by atoms with Crippen LogP contribution in [-0.2, 0) is 0 Å². The first kappa shape index (κ1) is 13.9. The molecular weight excluding hydrogens is 290 g/mol. The molecule has 0 radical (unpaired) electrons. The Kier molecular flexibility index (Phi) is 3.53. The highest BCUT2D eigenvalue weighted by Gasteiger charge is 2.28. The molecule has 1 heterocycles. The minimum atomic E-state index is -0.572. The third-order valence-corrected chi connectivity index (χ3v) is 3.80. The van der Waals surface area contributed by atoms with Gasteiger partial charge in [0.15, 0.2) is 0 Å². The number of rotatable bonds is 3. The van der Waals surface area contributed by atoms with Crippen LogP contribution in [0.1, 0.15) is 29.2 Å². The molecule has 3 N–H and O–H groups in total. The molecule has 6 heteroatoms. The first-order valence-corrected chi connectivity index (χ1v) is 7.02. The minimum absolute atomic E-state index is 0.0575. The highest BCUT2D eigenvalue weighted by molar-refractivity contribution is 6.30. The summed E-state index contributed by atoms with van der Waals surface area (Å²) in [6.45, 7) is 0. The summed E-state index contributed by atoms with van der Waals surface area (Å²) in [5.74, 6) is 4.55. The van der Waals surface area contributed by atoms with Crippen LogP contribution in [0.3, 0.4) is 0 Å². The van der Waals surface area contributed by atoms with Crippen LogP contribution < -0.4 is 16.8 Å². The van der Waals surface area contributed by atoms with Gasteiger partial charge in [-0.05, 0) is 42.7 Å². The van der Waals surface area contributed by atoms with Gasteiger partial charge in [-0.25, -0.2) is 5.84 Å². The molecule has 0 unspecified atom stereocenters. The molecule has 5 nitrogen and oxygen atoms in total. The Labute approximate surface area is 126 Å². The number of aromatic nitrogens is 1. The quantitative estimate of drug-likeness (QED) is 0.518. The maximum atomic E-state index is 12.5. The number of amides is 1. The Morgan fingerprint density at radius 3 is 2.43 bits per heavy atom. The number of hydrogen-bond donors (Lipinski definition) is 2. The largest absolute Gasteiger partial charge is 0.305 e. The van der Waals surface area contributed by atoms with Crippen molar-refractivity contribution in [3.63, 3.8) is 0 Å². The summed E-state index contributed by atoms with van der Waals surface area (Å²) in [6, 6.07) is 10.7. The molecule has 1 aromatic heterocycles. The normalized spacial score (nSPS) is 14.0. The third kappa shape index (κ3) is 2.57. The van der Waals surface area contributed by atoms with Gasteiger partial charge < -0.3 is 4.57 Å². The number of nitrogen functional groups attached to an aromatic ring is 1. The fourth-order valence-electron chi connectivity index (χ4n) is 2.35. The lowest BCUT2D eigenvalue weighted by atomic mass is 10.1. The van der Waals surface area contributed by atoms with E-state index < -0.39 is 5.91 Å². The lowest BCUT2D eigenvalue weighted by Gasteiger charge is -2.14. The average Bonchev–Trinajstić information content (AvgIpc) is 3.31. The van der Waals surface area contributed by atoms with Gasteiger partial charge in [-0.2, -0.15) is 0 Å². The van der Waals surface area contributed by atoms with E-state index in [1.54, 1.807) is 22.8 Å². The lowest BCUT2D eigenvalue weighted by Crippen LogP contribution is -2.36. The SMILES string of the molecule is NNC(=O)c1ccc(-c2ccc(Cl)cc2)n(C2CC2)c1=O. The number of hydrazine groups is 1. The molecule has 1 aliphatic rings. The molecule has 1 aliphatic carbocycles. The molecule has 0 aliphatic heterocycles. The molecule has 2 aromatic rings. The number of carbonyl (C=O) groups is 1. The maximum Gasteiger partial charge on any atom is 0.270 e. The van der Waals surface area contributed by atoms with E-state index in [0.29, 0.717) is 5.02 Å². The summed E-state index contributed by atoms with van der Waals surface area (Å²) >= 11 is 5.90. The van der Waals surface area contributed by atoms with Gasteiger partial charge in [0, 0.05) is 11.1 Å². The number of nitrogens with one attached hydrogen (secondary N) is 1. The molecule has 0 atom stereocenters. The molecule has 0 spiro atoms. The first-order chi connectivity index (χ1) is 10.1. The number of halogens is 1. The Morgan fingerprint density at radius 1 is 1.19 bits per heavy atom. The lowest BCUT2D eigenvalue weighted by molar-refractivity contribution is 0.0951. The van der Waals surface area contributed by atoms with E-state index in [1.807, 2.05) is 17.6 Å². The molecule has 1 aromatic carbocycles. The molecule has 1 saturated carbocycles.